The molecule has 0 saturated carbocycles. The monoisotopic (exact) mass is 253 g/mol. The van der Waals surface area contributed by atoms with Crippen molar-refractivity contribution in [2.24, 2.45) is 5.92 Å². The number of hydrogen-bond donors (Lipinski definition) is 1. The third-order valence-electron chi connectivity index (χ3n) is 2.38. The Hall–Kier alpha value is -0.670. The van der Waals surface area contributed by atoms with E-state index in [1.54, 1.807) is 7.11 Å². The van der Waals surface area contributed by atoms with Crippen LogP contribution in [0.2, 0.25) is 0 Å². The lowest BCUT2D eigenvalue weighted by atomic mass is 10.2. The molecule has 0 saturated heterocycles. The summed E-state index contributed by atoms with van der Waals surface area (Å²) >= 11 is 1.90. The van der Waals surface area contributed by atoms with Crippen LogP contribution < -0.4 is 10.1 Å². The Morgan fingerprint density at radius 1 is 1.12 bits per heavy atom. The van der Waals surface area contributed by atoms with Crippen molar-refractivity contribution >= 4 is 11.8 Å². The summed E-state index contributed by atoms with van der Waals surface area (Å²) in [6, 6.07) is 8.25. The zero-order valence-corrected chi connectivity index (χ0v) is 12.0. The Labute approximate surface area is 109 Å². The number of hydrogen-bond acceptors (Lipinski definition) is 3. The van der Waals surface area contributed by atoms with Crippen molar-refractivity contribution in [2.45, 2.75) is 30.9 Å². The van der Waals surface area contributed by atoms with E-state index >= 15 is 0 Å². The molecule has 1 aromatic carbocycles. The molecule has 1 aromatic rings. The van der Waals surface area contributed by atoms with Gasteiger partial charge in [-0.25, -0.2) is 0 Å². The minimum absolute atomic E-state index is 0.585. The van der Waals surface area contributed by atoms with Gasteiger partial charge < -0.3 is 10.1 Å². The van der Waals surface area contributed by atoms with Gasteiger partial charge in [-0.2, -0.15) is 0 Å². The second kappa shape index (κ2) is 7.62. The van der Waals surface area contributed by atoms with Crippen LogP contribution in [0.1, 0.15) is 20.8 Å². The Kier molecular flexibility index (Phi) is 6.45. The third-order valence-corrected chi connectivity index (χ3v) is 3.49. The highest BCUT2D eigenvalue weighted by Gasteiger charge is 2.04. The van der Waals surface area contributed by atoms with Gasteiger partial charge in [0.15, 0.2) is 0 Å². The summed E-state index contributed by atoms with van der Waals surface area (Å²) in [7, 11) is 1.70. The van der Waals surface area contributed by atoms with E-state index in [-0.39, 0.29) is 0 Å². The Morgan fingerprint density at radius 2 is 1.76 bits per heavy atom. The molecule has 1 unspecified atom stereocenters. The van der Waals surface area contributed by atoms with Gasteiger partial charge in [-0.15, -0.1) is 11.8 Å². The fraction of sp³-hybridized carbons (Fsp3) is 0.571. The van der Waals surface area contributed by atoms with Crippen LogP contribution in [0.15, 0.2) is 29.2 Å². The van der Waals surface area contributed by atoms with Gasteiger partial charge in [-0.3, -0.25) is 0 Å². The first-order valence-electron chi connectivity index (χ1n) is 6.13. The molecule has 0 fully saturated rings. The highest BCUT2D eigenvalue weighted by Crippen LogP contribution is 2.24. The third kappa shape index (κ3) is 5.99. The van der Waals surface area contributed by atoms with E-state index in [9.17, 15) is 0 Å². The van der Waals surface area contributed by atoms with Crippen molar-refractivity contribution in [3.63, 3.8) is 0 Å². The van der Waals surface area contributed by atoms with Crippen LogP contribution in [0.25, 0.3) is 0 Å². The summed E-state index contributed by atoms with van der Waals surface area (Å²) < 4.78 is 5.14. The molecule has 3 heteroatoms. The fourth-order valence-corrected chi connectivity index (χ4v) is 2.46. The Balaban J connectivity index is 2.31. The van der Waals surface area contributed by atoms with E-state index in [0.29, 0.717) is 11.2 Å². The molecule has 0 aliphatic rings. The molecule has 0 amide bonds. The van der Waals surface area contributed by atoms with E-state index in [1.807, 2.05) is 23.9 Å². The Bertz CT molecular complexity index is 311. The number of thioether (sulfide) groups is 1. The molecule has 0 aliphatic heterocycles. The van der Waals surface area contributed by atoms with E-state index in [4.69, 9.17) is 4.74 Å². The predicted molar refractivity (Wildman–Crippen MR) is 76.0 cm³/mol. The largest absolute Gasteiger partial charge is 0.497 e. The lowest BCUT2D eigenvalue weighted by molar-refractivity contribution is 0.414. The molecule has 0 aromatic heterocycles. The standard InChI is InChI=1S/C14H23NOS/c1-11(2)9-15-10-12(3)17-14-7-5-13(16-4)6-8-14/h5-8,11-12,15H,9-10H2,1-4H3. The molecule has 0 spiro atoms. The van der Waals surface area contributed by atoms with Crippen LogP contribution in [0, 0.1) is 5.92 Å². The van der Waals surface area contributed by atoms with Crippen molar-refractivity contribution in [1.29, 1.82) is 0 Å². The topological polar surface area (TPSA) is 21.3 Å². The minimum Gasteiger partial charge on any atom is -0.497 e. The normalized spacial score (nSPS) is 12.8. The molecule has 0 bridgehead atoms. The van der Waals surface area contributed by atoms with Crippen LogP contribution in [0.4, 0.5) is 0 Å². The minimum atomic E-state index is 0.585. The van der Waals surface area contributed by atoms with Crippen LogP contribution >= 0.6 is 11.8 Å². The zero-order valence-electron chi connectivity index (χ0n) is 11.2. The van der Waals surface area contributed by atoms with Crippen molar-refractivity contribution in [3.05, 3.63) is 24.3 Å². The van der Waals surface area contributed by atoms with Gasteiger partial charge in [-0.1, -0.05) is 20.8 Å². The molecular formula is C14H23NOS. The summed E-state index contributed by atoms with van der Waals surface area (Å²) in [5.74, 6) is 1.63. The molecule has 1 rings (SSSR count). The fourth-order valence-electron chi connectivity index (χ4n) is 1.50. The van der Waals surface area contributed by atoms with Crippen LogP contribution in [-0.4, -0.2) is 25.4 Å². The number of ether oxygens (including phenoxy) is 1. The number of nitrogens with one attached hydrogen (secondary N) is 1. The Morgan fingerprint density at radius 3 is 2.29 bits per heavy atom. The van der Waals surface area contributed by atoms with Crippen molar-refractivity contribution in [2.75, 3.05) is 20.2 Å². The highest BCUT2D eigenvalue weighted by atomic mass is 32.2. The molecule has 0 heterocycles. The highest BCUT2D eigenvalue weighted by molar-refractivity contribution is 8.00. The van der Waals surface area contributed by atoms with Gasteiger partial charge in [0.2, 0.25) is 0 Å². The first-order valence-corrected chi connectivity index (χ1v) is 7.01. The maximum Gasteiger partial charge on any atom is 0.118 e. The second-order valence-corrected chi connectivity index (χ2v) is 6.17. The first-order chi connectivity index (χ1) is 8.11. The van der Waals surface area contributed by atoms with Crippen molar-refractivity contribution < 1.29 is 4.74 Å². The van der Waals surface area contributed by atoms with Gasteiger partial charge in [0.1, 0.15) is 5.75 Å². The quantitative estimate of drug-likeness (QED) is 0.752. The molecule has 17 heavy (non-hydrogen) atoms. The lowest BCUT2D eigenvalue weighted by Gasteiger charge is -2.13. The van der Waals surface area contributed by atoms with Gasteiger partial charge in [0.25, 0.3) is 0 Å². The molecule has 2 nitrogen and oxygen atoms in total. The summed E-state index contributed by atoms with van der Waals surface area (Å²) in [6.45, 7) is 8.85. The van der Waals surface area contributed by atoms with Gasteiger partial charge >= 0.3 is 0 Å². The van der Waals surface area contributed by atoms with Gasteiger partial charge in [0, 0.05) is 16.7 Å². The van der Waals surface area contributed by atoms with Gasteiger partial charge in [-0.05, 0) is 36.7 Å². The lowest BCUT2D eigenvalue weighted by Crippen LogP contribution is -2.26. The van der Waals surface area contributed by atoms with Crippen LogP contribution in [0.3, 0.4) is 0 Å². The average molecular weight is 253 g/mol. The van der Waals surface area contributed by atoms with Gasteiger partial charge in [0.05, 0.1) is 7.11 Å². The van der Waals surface area contributed by atoms with Crippen LogP contribution in [-0.2, 0) is 0 Å². The zero-order chi connectivity index (χ0) is 12.7. The number of benzene rings is 1. The maximum atomic E-state index is 5.14. The molecule has 0 aliphatic carbocycles. The smallest absolute Gasteiger partial charge is 0.118 e. The molecule has 96 valence electrons. The van der Waals surface area contributed by atoms with E-state index < -0.39 is 0 Å². The summed E-state index contributed by atoms with van der Waals surface area (Å²) in [5, 5.41) is 4.07. The van der Waals surface area contributed by atoms with E-state index in [0.717, 1.165) is 18.8 Å². The molecule has 1 atom stereocenters. The van der Waals surface area contributed by atoms with Crippen LogP contribution in [0.5, 0.6) is 5.75 Å². The first kappa shape index (κ1) is 14.4. The molecule has 0 radical (unpaired) electrons. The predicted octanol–water partition coefficient (Wildman–Crippen LogP) is 3.42. The summed E-state index contributed by atoms with van der Waals surface area (Å²) in [5.41, 5.74) is 0. The van der Waals surface area contributed by atoms with E-state index in [1.165, 1.54) is 4.90 Å². The number of methoxy groups -OCH3 is 1. The summed E-state index contributed by atoms with van der Waals surface area (Å²) in [6.07, 6.45) is 0. The second-order valence-electron chi connectivity index (χ2n) is 4.66. The SMILES string of the molecule is COc1ccc(SC(C)CNCC(C)C)cc1. The summed E-state index contributed by atoms with van der Waals surface area (Å²) in [4.78, 5) is 1.30. The maximum absolute atomic E-state index is 5.14. The van der Waals surface area contributed by atoms with Crippen molar-refractivity contribution in [3.8, 4) is 5.75 Å². The average Bonchev–Trinajstić information content (AvgIpc) is 2.29. The molecule has 1 N–H and O–H groups in total. The van der Waals surface area contributed by atoms with E-state index in [2.05, 4.69) is 38.2 Å². The number of rotatable bonds is 7. The molecular weight excluding hydrogens is 230 g/mol. The van der Waals surface area contributed by atoms with Crippen molar-refractivity contribution in [1.82, 2.24) is 5.32 Å².